The Balaban J connectivity index is 0.000000360. The van der Waals surface area contributed by atoms with Gasteiger partial charge in [-0.25, -0.2) is 4.98 Å². The van der Waals surface area contributed by atoms with Crippen LogP contribution in [0, 0.1) is 0 Å². The third-order valence-electron chi connectivity index (χ3n) is 0.637. The summed E-state index contributed by atoms with van der Waals surface area (Å²) in [5, 5.41) is 0. The van der Waals surface area contributed by atoms with E-state index in [0.29, 0.717) is 0 Å². The summed E-state index contributed by atoms with van der Waals surface area (Å²) in [6.45, 7) is 0. The van der Waals surface area contributed by atoms with Crippen LogP contribution in [0.5, 0.6) is 0 Å². The Morgan fingerprint density at radius 3 is 2.43 bits per heavy atom. The van der Waals surface area contributed by atoms with Crippen molar-refractivity contribution < 1.29 is 0 Å². The van der Waals surface area contributed by atoms with Crippen LogP contribution in [0.25, 0.3) is 0 Å². The summed E-state index contributed by atoms with van der Waals surface area (Å²) in [6, 6.07) is 0. The first kappa shape index (κ1) is 6.81. The molecule has 0 atom stereocenters. The molecule has 34 valence electrons. The van der Waals surface area contributed by atoms with E-state index in [4.69, 9.17) is 0 Å². The van der Waals surface area contributed by atoms with Crippen molar-refractivity contribution in [2.45, 2.75) is 0 Å². The summed E-state index contributed by atoms with van der Waals surface area (Å²) in [7, 11) is 1.94. The van der Waals surface area contributed by atoms with Crippen LogP contribution in [-0.4, -0.2) is 28.4 Å². The van der Waals surface area contributed by atoms with Gasteiger partial charge in [0.2, 0.25) is 0 Å². The molecule has 0 fully saturated rings. The first-order valence-electron chi connectivity index (χ1n) is 1.81. The molecule has 0 bridgehead atoms. The van der Waals surface area contributed by atoms with E-state index in [0.717, 1.165) is 0 Å². The first-order chi connectivity index (χ1) is 2.89. The summed E-state index contributed by atoms with van der Waals surface area (Å²) in [6.07, 6.45) is 5.39. The molecule has 0 unspecified atom stereocenters. The average molecular weight is 90.1 g/mol. The summed E-state index contributed by atoms with van der Waals surface area (Å²) < 4.78 is 1.89. The molecule has 0 aliphatic carbocycles. The second kappa shape index (κ2) is 2.90. The monoisotopic (exact) mass is 90.1 g/mol. The quantitative estimate of drug-likeness (QED) is 0.402. The van der Waals surface area contributed by atoms with Crippen LogP contribution in [0.1, 0.15) is 0 Å². The number of rotatable bonds is 0. The van der Waals surface area contributed by atoms with Gasteiger partial charge in [-0.05, 0) is 0 Å². The van der Waals surface area contributed by atoms with E-state index in [2.05, 4.69) is 4.98 Å². The zero-order valence-corrected chi connectivity index (χ0v) is 3.63. The minimum absolute atomic E-state index is 0. The molecule has 1 aromatic rings. The van der Waals surface area contributed by atoms with Crippen LogP contribution in [0.2, 0.25) is 0 Å². The van der Waals surface area contributed by atoms with Crippen molar-refractivity contribution in [2.24, 2.45) is 7.05 Å². The zero-order valence-electron chi connectivity index (χ0n) is 3.63. The molecule has 0 saturated carbocycles. The fraction of sp³-hybridized carbons (Fsp3) is 0.250. The van der Waals surface area contributed by atoms with Gasteiger partial charge in [-0.15, -0.1) is 0 Å². The number of aromatic nitrogens is 2. The van der Waals surface area contributed by atoms with Crippen LogP contribution >= 0.6 is 0 Å². The number of hydrogen-bond acceptors (Lipinski definition) is 1. The van der Waals surface area contributed by atoms with Crippen molar-refractivity contribution in [1.82, 2.24) is 9.55 Å². The van der Waals surface area contributed by atoms with E-state index in [1.807, 2.05) is 17.8 Å². The fourth-order valence-corrected chi connectivity index (χ4v) is 0.326. The molecule has 0 radical (unpaired) electrons. The molecule has 0 amide bonds. The van der Waals surface area contributed by atoms with Crippen LogP contribution < -0.4 is 0 Å². The van der Waals surface area contributed by atoms with Crippen LogP contribution in [0.15, 0.2) is 18.7 Å². The molecule has 0 saturated heterocycles. The van der Waals surface area contributed by atoms with E-state index in [9.17, 15) is 0 Å². The SMILES string of the molecule is Cn1ccnc1.[LiH]. The summed E-state index contributed by atoms with van der Waals surface area (Å²) >= 11 is 0. The normalized spacial score (nSPS) is 7.57. The Morgan fingerprint density at radius 2 is 2.29 bits per heavy atom. The van der Waals surface area contributed by atoms with Crippen molar-refractivity contribution in [3.8, 4) is 0 Å². The van der Waals surface area contributed by atoms with Gasteiger partial charge in [0.25, 0.3) is 0 Å². The average Bonchev–Trinajstić information content (AvgIpc) is 1.86. The van der Waals surface area contributed by atoms with E-state index in [1.165, 1.54) is 0 Å². The molecule has 1 heterocycles. The molecule has 1 rings (SSSR count). The van der Waals surface area contributed by atoms with Crippen molar-refractivity contribution in [3.63, 3.8) is 0 Å². The maximum absolute atomic E-state index is 3.78. The molecular formula is C4H7LiN2. The third-order valence-corrected chi connectivity index (χ3v) is 0.637. The van der Waals surface area contributed by atoms with Crippen LogP contribution in [-0.2, 0) is 7.05 Å². The predicted molar refractivity (Wildman–Crippen MR) is 30.4 cm³/mol. The number of imidazole rings is 1. The van der Waals surface area contributed by atoms with E-state index in [1.54, 1.807) is 12.5 Å². The Kier molecular flexibility index (Phi) is 2.82. The molecule has 2 nitrogen and oxygen atoms in total. The molecular weight excluding hydrogens is 83.0 g/mol. The standard InChI is InChI=1S/C4H6N2.Li.H/c1-6-3-2-5-4-6;;/h2-4H,1H3;;. The van der Waals surface area contributed by atoms with Gasteiger partial charge in [-0.3, -0.25) is 0 Å². The Morgan fingerprint density at radius 1 is 1.57 bits per heavy atom. The third kappa shape index (κ3) is 1.82. The summed E-state index contributed by atoms with van der Waals surface area (Å²) in [5.41, 5.74) is 0. The van der Waals surface area contributed by atoms with Crippen LogP contribution in [0.4, 0.5) is 0 Å². The number of aryl methyl sites for hydroxylation is 1. The van der Waals surface area contributed by atoms with E-state index in [-0.39, 0.29) is 18.9 Å². The molecule has 0 aromatic carbocycles. The van der Waals surface area contributed by atoms with Crippen molar-refractivity contribution in [1.29, 1.82) is 0 Å². The Bertz CT molecular complexity index is 113. The Hall–Kier alpha value is -0.193. The van der Waals surface area contributed by atoms with Gasteiger partial charge in [-0.2, -0.15) is 0 Å². The molecule has 3 heteroatoms. The van der Waals surface area contributed by atoms with Gasteiger partial charge in [-0.1, -0.05) is 0 Å². The van der Waals surface area contributed by atoms with Crippen molar-refractivity contribution in [3.05, 3.63) is 18.7 Å². The van der Waals surface area contributed by atoms with E-state index < -0.39 is 0 Å². The predicted octanol–water partition coefficient (Wildman–Crippen LogP) is -0.228. The number of hydrogen-bond donors (Lipinski definition) is 0. The van der Waals surface area contributed by atoms with Crippen molar-refractivity contribution >= 4 is 18.9 Å². The summed E-state index contributed by atoms with van der Waals surface area (Å²) in [5.74, 6) is 0. The molecule has 0 N–H and O–H groups in total. The van der Waals surface area contributed by atoms with Gasteiger partial charge < -0.3 is 4.57 Å². The second-order valence-electron chi connectivity index (χ2n) is 1.23. The second-order valence-corrected chi connectivity index (χ2v) is 1.23. The zero-order chi connectivity index (χ0) is 4.41. The Labute approximate surface area is 54.7 Å². The fourth-order valence-electron chi connectivity index (χ4n) is 0.326. The first-order valence-corrected chi connectivity index (χ1v) is 1.81. The summed E-state index contributed by atoms with van der Waals surface area (Å²) in [4.78, 5) is 3.78. The van der Waals surface area contributed by atoms with Gasteiger partial charge in [0, 0.05) is 19.4 Å². The van der Waals surface area contributed by atoms with Gasteiger partial charge in [0.05, 0.1) is 6.33 Å². The number of nitrogens with zero attached hydrogens (tertiary/aromatic N) is 2. The minimum atomic E-state index is 0. The van der Waals surface area contributed by atoms with Crippen molar-refractivity contribution in [2.75, 3.05) is 0 Å². The molecule has 0 aliphatic heterocycles. The van der Waals surface area contributed by atoms with Gasteiger partial charge >= 0.3 is 18.9 Å². The molecule has 0 spiro atoms. The maximum atomic E-state index is 3.78. The van der Waals surface area contributed by atoms with Gasteiger partial charge in [0.1, 0.15) is 0 Å². The van der Waals surface area contributed by atoms with E-state index >= 15 is 0 Å². The van der Waals surface area contributed by atoms with Gasteiger partial charge in [0.15, 0.2) is 0 Å². The van der Waals surface area contributed by atoms with Crippen LogP contribution in [0.3, 0.4) is 0 Å². The topological polar surface area (TPSA) is 17.8 Å². The molecule has 0 aliphatic rings. The molecule has 7 heavy (non-hydrogen) atoms. The molecule has 1 aromatic heterocycles.